The summed E-state index contributed by atoms with van der Waals surface area (Å²) < 4.78 is 39.7. The van der Waals surface area contributed by atoms with Gasteiger partial charge in [0, 0.05) is 39.9 Å². The molecule has 1 atom stereocenters. The number of hydrogen-bond acceptors (Lipinski definition) is 3. The van der Waals surface area contributed by atoms with Crippen LogP contribution in [0.15, 0.2) is 18.2 Å². The fraction of sp³-hybridized carbons (Fsp3) is 0.500. The van der Waals surface area contributed by atoms with E-state index in [0.717, 1.165) is 6.42 Å². The maximum Gasteiger partial charge on any atom is 0.387 e. The Labute approximate surface area is 118 Å². The fourth-order valence-corrected chi connectivity index (χ4v) is 2.27. The number of benzene rings is 1. The number of hydrogen-bond donors (Lipinski definition) is 1. The average molecular weight is 312 g/mol. The van der Waals surface area contributed by atoms with E-state index in [1.54, 1.807) is 12.3 Å². The Balaban J connectivity index is 2.51. The van der Waals surface area contributed by atoms with Crippen LogP contribution >= 0.6 is 11.6 Å². The monoisotopic (exact) mass is 311 g/mol. The number of halogens is 3. The summed E-state index contributed by atoms with van der Waals surface area (Å²) in [5.74, 6) is 0.731. The topological polar surface area (TPSA) is 38.3 Å². The van der Waals surface area contributed by atoms with Gasteiger partial charge >= 0.3 is 6.61 Å². The van der Waals surface area contributed by atoms with E-state index in [4.69, 9.17) is 11.6 Å². The van der Waals surface area contributed by atoms with E-state index in [9.17, 15) is 13.0 Å². The first-order valence-corrected chi connectivity index (χ1v) is 7.83. The summed E-state index contributed by atoms with van der Waals surface area (Å²) >= 11 is 5.82. The summed E-state index contributed by atoms with van der Waals surface area (Å²) in [7, 11) is -0.814. The van der Waals surface area contributed by atoms with E-state index < -0.39 is 17.4 Å². The van der Waals surface area contributed by atoms with E-state index >= 15 is 0 Å². The second kappa shape index (κ2) is 8.45. The Kier molecular flexibility index (Phi) is 7.27. The minimum atomic E-state index is -2.86. The Morgan fingerprint density at radius 1 is 1.47 bits per heavy atom. The van der Waals surface area contributed by atoms with Crippen LogP contribution in [0.1, 0.15) is 12.0 Å². The first-order chi connectivity index (χ1) is 8.99. The van der Waals surface area contributed by atoms with Crippen molar-refractivity contribution in [3.63, 3.8) is 0 Å². The van der Waals surface area contributed by atoms with Crippen molar-refractivity contribution in [3.05, 3.63) is 28.8 Å². The zero-order chi connectivity index (χ0) is 14.3. The normalized spacial score (nSPS) is 12.7. The second-order valence-corrected chi connectivity index (χ2v) is 5.93. The van der Waals surface area contributed by atoms with Crippen molar-refractivity contribution in [1.82, 2.24) is 5.32 Å². The van der Waals surface area contributed by atoms with Crippen LogP contribution in [0.4, 0.5) is 8.78 Å². The van der Waals surface area contributed by atoms with Crippen molar-refractivity contribution in [2.45, 2.75) is 19.6 Å². The first-order valence-electron chi connectivity index (χ1n) is 5.73. The standard InChI is InChI=1S/C12H16ClF2NO2S/c1-19(17)6-2-5-16-8-9-7-10(13)3-4-11(9)18-12(14)15/h3-4,7,12,16H,2,5-6,8H2,1H3. The molecule has 0 aliphatic carbocycles. The average Bonchev–Trinajstić information content (AvgIpc) is 2.31. The van der Waals surface area contributed by atoms with E-state index in [0.29, 0.717) is 29.4 Å². The molecule has 0 bridgehead atoms. The molecule has 1 aromatic carbocycles. The quantitative estimate of drug-likeness (QED) is 0.750. The lowest BCUT2D eigenvalue weighted by Gasteiger charge is -2.11. The molecule has 108 valence electrons. The Morgan fingerprint density at radius 2 is 2.21 bits per heavy atom. The molecule has 0 spiro atoms. The van der Waals surface area contributed by atoms with Crippen LogP contribution in [0.25, 0.3) is 0 Å². The zero-order valence-corrected chi connectivity index (χ0v) is 12.1. The molecule has 1 aromatic rings. The molecule has 19 heavy (non-hydrogen) atoms. The molecule has 0 saturated heterocycles. The van der Waals surface area contributed by atoms with E-state index in [1.807, 2.05) is 0 Å². The van der Waals surface area contributed by atoms with Crippen LogP contribution in [-0.2, 0) is 17.3 Å². The summed E-state index contributed by atoms with van der Waals surface area (Å²) in [6, 6.07) is 4.51. The largest absolute Gasteiger partial charge is 0.434 e. The van der Waals surface area contributed by atoms with Gasteiger partial charge in [0.15, 0.2) is 0 Å². The lowest BCUT2D eigenvalue weighted by atomic mass is 10.2. The summed E-state index contributed by atoms with van der Waals surface area (Å²) in [5.41, 5.74) is 0.574. The van der Waals surface area contributed by atoms with Crippen LogP contribution in [0.5, 0.6) is 5.75 Å². The van der Waals surface area contributed by atoms with Crippen molar-refractivity contribution < 1.29 is 17.7 Å². The van der Waals surface area contributed by atoms with Gasteiger partial charge in [0.05, 0.1) is 0 Å². The lowest BCUT2D eigenvalue weighted by Crippen LogP contribution is -2.17. The molecule has 1 rings (SSSR count). The maximum atomic E-state index is 12.2. The third kappa shape index (κ3) is 6.84. The van der Waals surface area contributed by atoms with Crippen molar-refractivity contribution in [1.29, 1.82) is 0 Å². The minimum Gasteiger partial charge on any atom is -0.434 e. The summed E-state index contributed by atoms with van der Waals surface area (Å²) in [4.78, 5) is 0. The number of nitrogens with one attached hydrogen (secondary N) is 1. The van der Waals surface area contributed by atoms with E-state index in [-0.39, 0.29) is 5.75 Å². The summed E-state index contributed by atoms with van der Waals surface area (Å²) in [6.07, 6.45) is 2.40. The molecule has 0 heterocycles. The molecular weight excluding hydrogens is 296 g/mol. The number of alkyl halides is 2. The smallest absolute Gasteiger partial charge is 0.387 e. The maximum absolute atomic E-state index is 12.2. The summed E-state index contributed by atoms with van der Waals surface area (Å²) in [5, 5.41) is 3.55. The highest BCUT2D eigenvalue weighted by atomic mass is 35.5. The van der Waals surface area contributed by atoms with Crippen LogP contribution < -0.4 is 10.1 Å². The van der Waals surface area contributed by atoms with Gasteiger partial charge in [0.1, 0.15) is 5.75 Å². The molecule has 1 N–H and O–H groups in total. The molecule has 0 fully saturated rings. The van der Waals surface area contributed by atoms with Gasteiger partial charge in [-0.15, -0.1) is 0 Å². The molecule has 0 amide bonds. The molecular formula is C12H16ClF2NO2S. The van der Waals surface area contributed by atoms with E-state index in [2.05, 4.69) is 10.1 Å². The third-order valence-electron chi connectivity index (χ3n) is 2.34. The first kappa shape index (κ1) is 16.3. The van der Waals surface area contributed by atoms with Gasteiger partial charge in [-0.05, 0) is 31.2 Å². The van der Waals surface area contributed by atoms with Crippen molar-refractivity contribution >= 4 is 22.4 Å². The molecule has 0 radical (unpaired) electrons. The van der Waals surface area contributed by atoms with Crippen molar-refractivity contribution in [3.8, 4) is 5.75 Å². The third-order valence-corrected chi connectivity index (χ3v) is 3.44. The molecule has 0 aliphatic rings. The van der Waals surface area contributed by atoms with Crippen LogP contribution in [-0.4, -0.2) is 29.4 Å². The second-order valence-electron chi connectivity index (χ2n) is 3.94. The SMILES string of the molecule is CS(=O)CCCNCc1cc(Cl)ccc1OC(F)F. The van der Waals surface area contributed by atoms with Crippen molar-refractivity contribution in [2.24, 2.45) is 0 Å². The van der Waals surface area contributed by atoms with Gasteiger partial charge in [-0.25, -0.2) is 0 Å². The highest BCUT2D eigenvalue weighted by molar-refractivity contribution is 7.84. The Bertz CT molecular complexity index is 432. The van der Waals surface area contributed by atoms with Gasteiger partial charge in [0.2, 0.25) is 0 Å². The predicted molar refractivity (Wildman–Crippen MR) is 73.3 cm³/mol. The summed E-state index contributed by atoms with van der Waals surface area (Å²) in [6.45, 7) is -1.83. The van der Waals surface area contributed by atoms with Gasteiger partial charge in [-0.3, -0.25) is 4.21 Å². The fourth-order valence-electron chi connectivity index (χ4n) is 1.52. The number of ether oxygens (including phenoxy) is 1. The highest BCUT2D eigenvalue weighted by Crippen LogP contribution is 2.24. The van der Waals surface area contributed by atoms with Gasteiger partial charge in [-0.1, -0.05) is 11.6 Å². The van der Waals surface area contributed by atoms with Gasteiger partial charge in [-0.2, -0.15) is 8.78 Å². The zero-order valence-electron chi connectivity index (χ0n) is 10.5. The molecule has 0 saturated carbocycles. The van der Waals surface area contributed by atoms with Gasteiger partial charge < -0.3 is 10.1 Å². The van der Waals surface area contributed by atoms with Crippen LogP contribution in [0.3, 0.4) is 0 Å². The molecule has 0 aromatic heterocycles. The highest BCUT2D eigenvalue weighted by Gasteiger charge is 2.09. The predicted octanol–water partition coefficient (Wildman–Crippen LogP) is 2.80. The van der Waals surface area contributed by atoms with Crippen LogP contribution in [0, 0.1) is 0 Å². The van der Waals surface area contributed by atoms with E-state index in [1.165, 1.54) is 12.1 Å². The number of rotatable bonds is 8. The molecule has 0 aliphatic heterocycles. The lowest BCUT2D eigenvalue weighted by molar-refractivity contribution is -0.0504. The molecule has 1 unspecified atom stereocenters. The van der Waals surface area contributed by atoms with Gasteiger partial charge in [0.25, 0.3) is 0 Å². The molecule has 7 heteroatoms. The van der Waals surface area contributed by atoms with Crippen molar-refractivity contribution in [2.75, 3.05) is 18.6 Å². The Hall–Kier alpha value is -0.720. The van der Waals surface area contributed by atoms with Crippen LogP contribution in [0.2, 0.25) is 5.02 Å². The minimum absolute atomic E-state index is 0.117. The molecule has 3 nitrogen and oxygen atoms in total. The Morgan fingerprint density at radius 3 is 2.84 bits per heavy atom.